The monoisotopic (exact) mass is 220 g/mol. The molecule has 2 N–H and O–H groups in total. The molecule has 2 aromatic rings. The Labute approximate surface area is 94.1 Å². The number of aromatic nitrogens is 5. The number of hydrogen-bond donors (Lipinski definition) is 1. The van der Waals surface area contributed by atoms with Gasteiger partial charge in [0.2, 0.25) is 0 Å². The van der Waals surface area contributed by atoms with Crippen LogP contribution in [0.2, 0.25) is 0 Å². The molecule has 1 atom stereocenters. The van der Waals surface area contributed by atoms with E-state index in [-0.39, 0.29) is 6.04 Å². The molecule has 6 nitrogen and oxygen atoms in total. The van der Waals surface area contributed by atoms with Crippen LogP contribution in [0, 0.1) is 0 Å². The highest BCUT2D eigenvalue weighted by molar-refractivity contribution is 5.05. The molecule has 0 radical (unpaired) electrons. The second-order valence-electron chi connectivity index (χ2n) is 3.77. The van der Waals surface area contributed by atoms with E-state index in [4.69, 9.17) is 5.73 Å². The summed E-state index contributed by atoms with van der Waals surface area (Å²) in [4.78, 5) is 8.43. The van der Waals surface area contributed by atoms with E-state index >= 15 is 0 Å². The van der Waals surface area contributed by atoms with Gasteiger partial charge in [-0.3, -0.25) is 4.68 Å². The third-order valence-corrected chi connectivity index (χ3v) is 2.50. The summed E-state index contributed by atoms with van der Waals surface area (Å²) in [5.41, 5.74) is 6.95. The van der Waals surface area contributed by atoms with Crippen LogP contribution in [0.25, 0.3) is 0 Å². The highest BCUT2D eigenvalue weighted by atomic mass is 15.3. The molecule has 0 aliphatic heterocycles. The van der Waals surface area contributed by atoms with Crippen LogP contribution in [-0.2, 0) is 20.0 Å². The molecule has 0 spiro atoms. The molecule has 2 rings (SSSR count). The summed E-state index contributed by atoms with van der Waals surface area (Å²) < 4.78 is 3.74. The number of rotatable bonds is 4. The van der Waals surface area contributed by atoms with Gasteiger partial charge in [-0.15, -0.1) is 0 Å². The Kier molecular flexibility index (Phi) is 3.00. The summed E-state index contributed by atoms with van der Waals surface area (Å²) in [6.45, 7) is 2.84. The number of hydrogen-bond acceptors (Lipinski definition) is 4. The van der Waals surface area contributed by atoms with Crippen LogP contribution < -0.4 is 5.73 Å². The molecule has 1 unspecified atom stereocenters. The Hall–Kier alpha value is -1.69. The first kappa shape index (κ1) is 10.8. The van der Waals surface area contributed by atoms with Crippen molar-refractivity contribution in [2.75, 3.05) is 0 Å². The van der Waals surface area contributed by atoms with Crippen LogP contribution in [0.4, 0.5) is 0 Å². The Morgan fingerprint density at radius 2 is 2.25 bits per heavy atom. The van der Waals surface area contributed by atoms with Gasteiger partial charge in [0.15, 0.2) is 0 Å². The van der Waals surface area contributed by atoms with Gasteiger partial charge in [-0.25, -0.2) is 9.97 Å². The molecule has 2 heterocycles. The van der Waals surface area contributed by atoms with Crippen molar-refractivity contribution in [2.24, 2.45) is 12.8 Å². The minimum atomic E-state index is -0.129. The van der Waals surface area contributed by atoms with E-state index in [1.54, 1.807) is 12.7 Å². The Morgan fingerprint density at radius 1 is 1.44 bits per heavy atom. The zero-order valence-corrected chi connectivity index (χ0v) is 9.54. The fraction of sp³-hybridized carbons (Fsp3) is 0.500. The first-order valence-electron chi connectivity index (χ1n) is 5.30. The van der Waals surface area contributed by atoms with E-state index in [1.165, 1.54) is 0 Å². The quantitative estimate of drug-likeness (QED) is 0.802. The van der Waals surface area contributed by atoms with Gasteiger partial charge >= 0.3 is 0 Å². The highest BCUT2D eigenvalue weighted by Gasteiger charge is 2.13. The summed E-state index contributed by atoms with van der Waals surface area (Å²) in [7, 11) is 1.93. The van der Waals surface area contributed by atoms with Crippen molar-refractivity contribution in [1.29, 1.82) is 0 Å². The summed E-state index contributed by atoms with van der Waals surface area (Å²) in [6, 6.07) is -0.129. The van der Waals surface area contributed by atoms with E-state index in [2.05, 4.69) is 15.1 Å². The predicted molar refractivity (Wildman–Crippen MR) is 59.5 cm³/mol. The van der Waals surface area contributed by atoms with Gasteiger partial charge in [-0.05, 0) is 6.92 Å². The van der Waals surface area contributed by atoms with E-state index in [0.29, 0.717) is 6.42 Å². The van der Waals surface area contributed by atoms with Crippen LogP contribution in [0.5, 0.6) is 0 Å². The molecule has 0 amide bonds. The molecule has 2 aromatic heterocycles. The summed E-state index contributed by atoms with van der Waals surface area (Å²) >= 11 is 0. The second kappa shape index (κ2) is 4.44. The smallest absolute Gasteiger partial charge is 0.138 e. The van der Waals surface area contributed by atoms with Crippen LogP contribution in [-0.4, -0.2) is 24.3 Å². The van der Waals surface area contributed by atoms with Crippen LogP contribution >= 0.6 is 0 Å². The average Bonchev–Trinajstić information content (AvgIpc) is 2.86. The Balaban J connectivity index is 2.10. The third kappa shape index (κ3) is 2.11. The molecule has 0 saturated heterocycles. The minimum Gasteiger partial charge on any atom is -0.340 e. The van der Waals surface area contributed by atoms with Crippen molar-refractivity contribution in [1.82, 2.24) is 24.3 Å². The molecule has 0 fully saturated rings. The normalized spacial score (nSPS) is 12.9. The van der Waals surface area contributed by atoms with Crippen molar-refractivity contribution >= 4 is 0 Å². The Bertz CT molecular complexity index is 457. The topological polar surface area (TPSA) is 74.6 Å². The first-order valence-corrected chi connectivity index (χ1v) is 5.30. The lowest BCUT2D eigenvalue weighted by molar-refractivity contribution is 0.576. The van der Waals surface area contributed by atoms with Gasteiger partial charge in [0.25, 0.3) is 0 Å². The molecule has 0 bridgehead atoms. The van der Waals surface area contributed by atoms with Gasteiger partial charge in [0.1, 0.15) is 12.2 Å². The van der Waals surface area contributed by atoms with Gasteiger partial charge in [0, 0.05) is 26.2 Å². The van der Waals surface area contributed by atoms with E-state index in [9.17, 15) is 0 Å². The predicted octanol–water partition coefficient (Wildman–Crippen LogP) is 0.274. The molecule has 0 aliphatic rings. The largest absolute Gasteiger partial charge is 0.340 e. The lowest BCUT2D eigenvalue weighted by atomic mass is 10.1. The second-order valence-corrected chi connectivity index (χ2v) is 3.77. The lowest BCUT2D eigenvalue weighted by Crippen LogP contribution is -2.17. The molecule has 0 aliphatic carbocycles. The summed E-state index contributed by atoms with van der Waals surface area (Å²) in [5, 5.41) is 4.11. The molecule has 16 heavy (non-hydrogen) atoms. The number of imidazole rings is 1. The van der Waals surface area contributed by atoms with Crippen molar-refractivity contribution < 1.29 is 0 Å². The fourth-order valence-electron chi connectivity index (χ4n) is 1.64. The van der Waals surface area contributed by atoms with Gasteiger partial charge < -0.3 is 10.3 Å². The van der Waals surface area contributed by atoms with Gasteiger partial charge in [-0.1, -0.05) is 0 Å². The zero-order chi connectivity index (χ0) is 11.5. The van der Waals surface area contributed by atoms with E-state index in [1.807, 2.05) is 29.4 Å². The molecule has 6 heteroatoms. The summed E-state index contributed by atoms with van der Waals surface area (Å²) in [6.07, 6.45) is 5.89. The average molecular weight is 220 g/mol. The number of nitrogens with zero attached hydrogens (tertiary/aromatic N) is 5. The molecule has 0 aromatic carbocycles. The van der Waals surface area contributed by atoms with E-state index in [0.717, 1.165) is 18.1 Å². The number of aryl methyl sites for hydroxylation is 2. The van der Waals surface area contributed by atoms with Crippen LogP contribution in [0.15, 0.2) is 18.9 Å². The first-order chi connectivity index (χ1) is 7.70. The maximum absolute atomic E-state index is 6.07. The lowest BCUT2D eigenvalue weighted by Gasteiger charge is -2.08. The van der Waals surface area contributed by atoms with Crippen molar-refractivity contribution in [2.45, 2.75) is 25.9 Å². The van der Waals surface area contributed by atoms with Crippen molar-refractivity contribution in [3.05, 3.63) is 30.4 Å². The van der Waals surface area contributed by atoms with Gasteiger partial charge in [0.05, 0.1) is 18.1 Å². The van der Waals surface area contributed by atoms with Crippen LogP contribution in [0.1, 0.15) is 24.5 Å². The zero-order valence-electron chi connectivity index (χ0n) is 9.54. The molecule has 0 saturated carbocycles. The minimum absolute atomic E-state index is 0.129. The number of nitrogens with two attached hydrogens (primary N) is 1. The van der Waals surface area contributed by atoms with Crippen LogP contribution in [0.3, 0.4) is 0 Å². The molecular formula is C10H16N6. The maximum Gasteiger partial charge on any atom is 0.138 e. The van der Waals surface area contributed by atoms with Gasteiger partial charge in [-0.2, -0.15) is 5.10 Å². The SMILES string of the molecule is CCn1ncnc1CC(N)c1cn(C)cn1. The van der Waals surface area contributed by atoms with Crippen molar-refractivity contribution in [3.8, 4) is 0 Å². The maximum atomic E-state index is 6.07. The molecule has 86 valence electrons. The standard InChI is InChI=1S/C10H16N6/c1-3-16-10(12-6-14-16)4-8(11)9-5-15(2)7-13-9/h5-8H,3-4,11H2,1-2H3. The van der Waals surface area contributed by atoms with E-state index < -0.39 is 0 Å². The molecular weight excluding hydrogens is 204 g/mol. The fourth-order valence-corrected chi connectivity index (χ4v) is 1.64. The third-order valence-electron chi connectivity index (χ3n) is 2.50. The highest BCUT2D eigenvalue weighted by Crippen LogP contribution is 2.12. The Morgan fingerprint density at radius 3 is 2.88 bits per heavy atom. The summed E-state index contributed by atoms with van der Waals surface area (Å²) in [5.74, 6) is 0.903. The van der Waals surface area contributed by atoms with Crippen molar-refractivity contribution in [3.63, 3.8) is 0 Å².